The number of nitrogens with zero attached hydrogens (tertiary/aromatic N) is 2. The summed E-state index contributed by atoms with van der Waals surface area (Å²) in [6, 6.07) is 5.57. The van der Waals surface area contributed by atoms with E-state index in [-0.39, 0.29) is 27.3 Å². The number of nitro groups is 1. The van der Waals surface area contributed by atoms with E-state index in [1.165, 1.54) is 25.3 Å². The number of fused-ring (bicyclic) bond motifs is 1. The van der Waals surface area contributed by atoms with Crippen molar-refractivity contribution in [3.63, 3.8) is 0 Å². The van der Waals surface area contributed by atoms with Crippen LogP contribution in [0, 0.1) is 10.1 Å². The van der Waals surface area contributed by atoms with E-state index in [4.69, 9.17) is 11.6 Å². The molecular weight excluding hydrogens is 260 g/mol. The third-order valence-electron chi connectivity index (χ3n) is 2.38. The Kier molecular flexibility index (Phi) is 3.12. The van der Waals surface area contributed by atoms with Crippen molar-refractivity contribution in [3.8, 4) is 0 Å². The van der Waals surface area contributed by atoms with Crippen molar-refractivity contribution in [2.45, 2.75) is 0 Å². The van der Waals surface area contributed by atoms with Gasteiger partial charge < -0.3 is 4.74 Å². The molecule has 0 saturated carbocycles. The first-order valence-electron chi connectivity index (χ1n) is 4.86. The second-order valence-electron chi connectivity index (χ2n) is 3.41. The second kappa shape index (κ2) is 4.58. The van der Waals surface area contributed by atoms with Crippen LogP contribution in [0.2, 0.25) is 5.15 Å². The summed E-state index contributed by atoms with van der Waals surface area (Å²) >= 11 is 5.77. The molecule has 0 spiro atoms. The van der Waals surface area contributed by atoms with Crippen LogP contribution in [-0.2, 0) is 4.74 Å². The Bertz CT molecular complexity index is 657. The largest absolute Gasteiger partial charge is 0.465 e. The predicted molar refractivity (Wildman–Crippen MR) is 64.7 cm³/mol. The summed E-state index contributed by atoms with van der Waals surface area (Å²) in [6.45, 7) is 0. The number of pyridine rings is 1. The first-order valence-corrected chi connectivity index (χ1v) is 5.24. The van der Waals surface area contributed by atoms with Crippen molar-refractivity contribution < 1.29 is 14.5 Å². The number of methoxy groups -OCH3 is 1. The van der Waals surface area contributed by atoms with Crippen LogP contribution >= 0.6 is 11.6 Å². The minimum Gasteiger partial charge on any atom is -0.465 e. The highest BCUT2D eigenvalue weighted by atomic mass is 35.5. The van der Waals surface area contributed by atoms with Crippen LogP contribution in [0.3, 0.4) is 0 Å². The molecule has 0 atom stereocenters. The van der Waals surface area contributed by atoms with Gasteiger partial charge in [-0.05, 0) is 12.1 Å². The van der Waals surface area contributed by atoms with Gasteiger partial charge in [0.05, 0.1) is 28.5 Å². The van der Waals surface area contributed by atoms with Gasteiger partial charge >= 0.3 is 5.97 Å². The van der Waals surface area contributed by atoms with Gasteiger partial charge in [0, 0.05) is 6.07 Å². The summed E-state index contributed by atoms with van der Waals surface area (Å²) in [6.07, 6.45) is 0. The molecule has 0 fully saturated rings. The molecule has 0 aliphatic heterocycles. The Morgan fingerprint density at radius 1 is 1.50 bits per heavy atom. The lowest BCUT2D eigenvalue weighted by molar-refractivity contribution is -0.383. The third kappa shape index (κ3) is 1.98. The molecule has 0 amide bonds. The summed E-state index contributed by atoms with van der Waals surface area (Å²) < 4.78 is 4.59. The monoisotopic (exact) mass is 266 g/mol. The van der Waals surface area contributed by atoms with Crippen LogP contribution in [0.25, 0.3) is 10.9 Å². The topological polar surface area (TPSA) is 82.3 Å². The number of aromatic nitrogens is 1. The summed E-state index contributed by atoms with van der Waals surface area (Å²) in [5.74, 6) is -0.696. The first kappa shape index (κ1) is 12.3. The van der Waals surface area contributed by atoms with Gasteiger partial charge in [0.1, 0.15) is 5.15 Å². The molecule has 0 saturated heterocycles. The van der Waals surface area contributed by atoms with E-state index >= 15 is 0 Å². The molecule has 6 nitrogen and oxygen atoms in total. The fraction of sp³-hybridized carbons (Fsp3) is 0.0909. The van der Waals surface area contributed by atoms with E-state index in [2.05, 4.69) is 9.72 Å². The summed E-state index contributed by atoms with van der Waals surface area (Å²) in [5.41, 5.74) is 0.0916. The molecule has 18 heavy (non-hydrogen) atoms. The van der Waals surface area contributed by atoms with Gasteiger partial charge in [-0.25, -0.2) is 9.78 Å². The Labute approximate surface area is 106 Å². The zero-order valence-electron chi connectivity index (χ0n) is 9.21. The molecule has 0 unspecified atom stereocenters. The van der Waals surface area contributed by atoms with Gasteiger partial charge in [0.2, 0.25) is 0 Å². The van der Waals surface area contributed by atoms with Crippen LogP contribution in [0.1, 0.15) is 10.4 Å². The molecule has 2 aromatic rings. The van der Waals surface area contributed by atoms with Crippen LogP contribution in [-0.4, -0.2) is 23.0 Å². The number of hydrogen-bond acceptors (Lipinski definition) is 5. The van der Waals surface area contributed by atoms with Gasteiger partial charge in [-0.1, -0.05) is 17.7 Å². The van der Waals surface area contributed by atoms with Crippen molar-refractivity contribution in [3.05, 3.63) is 45.1 Å². The Balaban J connectivity index is 2.90. The highest BCUT2D eigenvalue weighted by Gasteiger charge is 2.21. The maximum absolute atomic E-state index is 11.6. The number of nitro benzene ring substituents is 1. The van der Waals surface area contributed by atoms with E-state index in [9.17, 15) is 14.9 Å². The van der Waals surface area contributed by atoms with E-state index in [1.54, 1.807) is 6.07 Å². The second-order valence-corrected chi connectivity index (χ2v) is 3.80. The Morgan fingerprint density at radius 2 is 2.22 bits per heavy atom. The quantitative estimate of drug-likeness (QED) is 0.361. The first-order chi connectivity index (χ1) is 8.54. The predicted octanol–water partition coefficient (Wildman–Crippen LogP) is 2.58. The van der Waals surface area contributed by atoms with Gasteiger partial charge in [-0.3, -0.25) is 10.1 Å². The van der Waals surface area contributed by atoms with E-state index in [0.29, 0.717) is 0 Å². The minimum atomic E-state index is -0.696. The highest BCUT2D eigenvalue weighted by Crippen LogP contribution is 2.29. The average molecular weight is 267 g/mol. The summed E-state index contributed by atoms with van der Waals surface area (Å²) in [4.78, 5) is 25.9. The number of esters is 1. The number of rotatable bonds is 2. The van der Waals surface area contributed by atoms with Crippen LogP contribution in [0.15, 0.2) is 24.3 Å². The fourth-order valence-corrected chi connectivity index (χ4v) is 1.86. The molecule has 7 heteroatoms. The maximum atomic E-state index is 11.6. The lowest BCUT2D eigenvalue weighted by Gasteiger charge is -2.05. The minimum absolute atomic E-state index is 0.0276. The molecule has 0 aliphatic rings. The number of ether oxygens (including phenoxy) is 1. The molecule has 0 radical (unpaired) electrons. The number of benzene rings is 1. The number of halogens is 1. The van der Waals surface area contributed by atoms with Crippen molar-refractivity contribution >= 4 is 34.2 Å². The summed E-state index contributed by atoms with van der Waals surface area (Å²) in [7, 11) is 1.19. The van der Waals surface area contributed by atoms with Gasteiger partial charge in [0.25, 0.3) is 5.69 Å². The molecule has 92 valence electrons. The molecule has 0 aliphatic carbocycles. The number of carbonyl (C=O) groups is 1. The maximum Gasteiger partial charge on any atom is 0.338 e. The molecular formula is C11H7ClN2O4. The molecule has 1 heterocycles. The Hall–Kier alpha value is -2.21. The molecule has 2 rings (SSSR count). The van der Waals surface area contributed by atoms with Crippen LogP contribution in [0.5, 0.6) is 0 Å². The van der Waals surface area contributed by atoms with E-state index in [1.807, 2.05) is 0 Å². The van der Waals surface area contributed by atoms with E-state index < -0.39 is 10.9 Å². The molecule has 0 N–H and O–H groups in total. The lowest BCUT2D eigenvalue weighted by Crippen LogP contribution is -2.04. The normalized spacial score (nSPS) is 10.3. The standard InChI is InChI=1S/C11H7ClN2O4/c1-18-11(15)6-5-9(12)13-7-3-2-4-8(10(6)7)14(16)17/h2-5H,1H3. The third-order valence-corrected chi connectivity index (χ3v) is 2.58. The van der Waals surface area contributed by atoms with Gasteiger partial charge in [-0.15, -0.1) is 0 Å². The SMILES string of the molecule is COC(=O)c1cc(Cl)nc2cccc([N+](=O)[O-])c12. The summed E-state index contributed by atoms with van der Waals surface area (Å²) in [5, 5.41) is 11.2. The van der Waals surface area contributed by atoms with Gasteiger partial charge in [0.15, 0.2) is 0 Å². The van der Waals surface area contributed by atoms with Crippen molar-refractivity contribution in [2.75, 3.05) is 7.11 Å². The van der Waals surface area contributed by atoms with Crippen molar-refractivity contribution in [2.24, 2.45) is 0 Å². The zero-order valence-corrected chi connectivity index (χ0v) is 9.97. The number of non-ortho nitro benzene ring substituents is 1. The Morgan fingerprint density at radius 3 is 2.83 bits per heavy atom. The molecule has 1 aromatic carbocycles. The number of carbonyl (C=O) groups excluding carboxylic acids is 1. The van der Waals surface area contributed by atoms with Crippen molar-refractivity contribution in [1.82, 2.24) is 4.98 Å². The smallest absolute Gasteiger partial charge is 0.338 e. The zero-order chi connectivity index (χ0) is 13.3. The lowest BCUT2D eigenvalue weighted by atomic mass is 10.1. The van der Waals surface area contributed by atoms with Crippen molar-refractivity contribution in [1.29, 1.82) is 0 Å². The molecule has 1 aromatic heterocycles. The van der Waals surface area contributed by atoms with Crippen LogP contribution < -0.4 is 0 Å². The molecule has 0 bridgehead atoms. The highest BCUT2D eigenvalue weighted by molar-refractivity contribution is 6.30. The fourth-order valence-electron chi connectivity index (χ4n) is 1.66. The van der Waals surface area contributed by atoms with Gasteiger partial charge in [-0.2, -0.15) is 0 Å². The van der Waals surface area contributed by atoms with E-state index in [0.717, 1.165) is 0 Å². The number of hydrogen-bond donors (Lipinski definition) is 0. The average Bonchev–Trinajstić information content (AvgIpc) is 2.35. The van der Waals surface area contributed by atoms with Crippen LogP contribution in [0.4, 0.5) is 5.69 Å².